The highest BCUT2D eigenvalue weighted by molar-refractivity contribution is 5.95. The Bertz CT molecular complexity index is 1630. The summed E-state index contributed by atoms with van der Waals surface area (Å²) in [5.74, 6) is -1.41. The van der Waals surface area contributed by atoms with Gasteiger partial charge in [0.15, 0.2) is 0 Å². The second kappa shape index (κ2) is 12.3. The Labute approximate surface area is 271 Å². The smallest absolute Gasteiger partial charge is 0.408 e. The largest absolute Gasteiger partial charge is 0.477 e. The summed E-state index contributed by atoms with van der Waals surface area (Å²) in [5, 5.41) is 15.7. The minimum Gasteiger partial charge on any atom is -0.477 e. The number of hydrogen-bond donors (Lipinski definition) is 4. The van der Waals surface area contributed by atoms with Gasteiger partial charge in [-0.1, -0.05) is 0 Å². The number of carboxylic acid groups (broad SMARTS) is 1. The normalized spacial score (nSPS) is 31.4. The van der Waals surface area contributed by atoms with Gasteiger partial charge < -0.3 is 45.2 Å². The van der Waals surface area contributed by atoms with Crippen LogP contribution in [-0.4, -0.2) is 97.2 Å². The van der Waals surface area contributed by atoms with Crippen LogP contribution in [-0.2, 0) is 14.2 Å². The van der Waals surface area contributed by atoms with E-state index in [1.165, 1.54) is 10.8 Å². The third-order valence-electron chi connectivity index (χ3n) is 10.1. The topological polar surface area (TPSA) is 157 Å². The molecule has 14 heteroatoms. The van der Waals surface area contributed by atoms with Crippen molar-refractivity contribution in [2.75, 3.05) is 57.5 Å². The van der Waals surface area contributed by atoms with Crippen molar-refractivity contribution < 1.29 is 37.7 Å². The highest BCUT2D eigenvalue weighted by atomic mass is 19.1. The molecule has 1 aromatic heterocycles. The molecule has 5 aliphatic rings. The number of benzene rings is 1. The predicted octanol–water partition coefficient (Wildman–Crippen LogP) is 2.87. The molecule has 0 unspecified atom stereocenters. The van der Waals surface area contributed by atoms with Gasteiger partial charge >= 0.3 is 12.1 Å². The van der Waals surface area contributed by atoms with Crippen LogP contribution in [0.15, 0.2) is 17.1 Å². The van der Waals surface area contributed by atoms with E-state index in [9.17, 15) is 23.9 Å². The summed E-state index contributed by atoms with van der Waals surface area (Å²) >= 11 is 0. The number of anilines is 1. The van der Waals surface area contributed by atoms with Gasteiger partial charge in [-0.05, 0) is 52.2 Å². The van der Waals surface area contributed by atoms with Crippen molar-refractivity contribution in [3.05, 3.63) is 39.4 Å². The second-order valence-electron chi connectivity index (χ2n) is 14.7. The molecule has 4 aliphatic heterocycles. The summed E-state index contributed by atoms with van der Waals surface area (Å²) in [6.45, 7) is 12.3. The summed E-state index contributed by atoms with van der Waals surface area (Å²) in [7, 11) is 0. The highest BCUT2D eigenvalue weighted by Crippen LogP contribution is 2.44. The number of nitrogens with two attached hydrogens (primary N) is 1. The fraction of sp³-hybridized carbons (Fsp3) is 0.667. The zero-order chi connectivity index (χ0) is 33.9. The first-order valence-electron chi connectivity index (χ1n) is 16.3. The summed E-state index contributed by atoms with van der Waals surface area (Å²) in [5.41, 5.74) is 5.16. The molecule has 2 aromatic rings. The Kier molecular flexibility index (Phi) is 8.77. The van der Waals surface area contributed by atoms with Gasteiger partial charge in [0.05, 0.1) is 41.5 Å². The van der Waals surface area contributed by atoms with Crippen molar-refractivity contribution in [2.24, 2.45) is 17.6 Å². The number of nitrogens with zero attached hydrogens (tertiary/aromatic N) is 2. The van der Waals surface area contributed by atoms with Crippen LogP contribution in [0.25, 0.3) is 10.9 Å². The number of nitrogens with one attached hydrogen (secondary N) is 2. The number of alkyl carbamates (subject to hydrolysis) is 1. The van der Waals surface area contributed by atoms with Gasteiger partial charge in [-0.3, -0.25) is 4.79 Å². The van der Waals surface area contributed by atoms with Crippen LogP contribution in [0.1, 0.15) is 62.0 Å². The van der Waals surface area contributed by atoms with Crippen molar-refractivity contribution >= 4 is 28.7 Å². The van der Waals surface area contributed by atoms with E-state index in [0.717, 1.165) is 38.6 Å². The monoisotopic (exact) mass is 661 g/mol. The number of amides is 1. The third kappa shape index (κ3) is 6.44. The van der Waals surface area contributed by atoms with Crippen LogP contribution in [0.3, 0.4) is 0 Å². The first-order valence-corrected chi connectivity index (χ1v) is 16.3. The van der Waals surface area contributed by atoms with Crippen LogP contribution < -0.4 is 26.7 Å². The van der Waals surface area contributed by atoms with Crippen molar-refractivity contribution in [1.82, 2.24) is 15.2 Å². The summed E-state index contributed by atoms with van der Waals surface area (Å²) in [4.78, 5) is 38.0. The van der Waals surface area contributed by atoms with Crippen LogP contribution in [0.5, 0.6) is 0 Å². The van der Waals surface area contributed by atoms with Crippen molar-refractivity contribution in [3.8, 4) is 0 Å². The number of aryl methyl sites for hydroxylation is 1. The zero-order valence-electron chi connectivity index (χ0n) is 27.4. The Morgan fingerprint density at radius 2 is 1.87 bits per heavy atom. The van der Waals surface area contributed by atoms with Gasteiger partial charge in [0, 0.05) is 69.2 Å². The van der Waals surface area contributed by atoms with Gasteiger partial charge in [0.25, 0.3) is 0 Å². The molecule has 47 heavy (non-hydrogen) atoms. The second-order valence-corrected chi connectivity index (χ2v) is 14.7. The number of rotatable bonds is 4. The standard InChI is InChI=1S/C21H23F2N3O4.C12H22N2O3/c1-10-17-12(19(27)13(20(28)29)7-26(17)16-5-14(16)22)4-15(23)18(10)25-6-11-2-3-30-9-21(11,24)8-25;1-11(2,3)17-10(15)14-12-7-13-6-9(12)4-5-16-8-12/h4,7,11,14,16H,2-3,5-6,8-9,24H2,1H3,(H,28,29);9,13H,4-8H2,1-3H3,(H,14,15)/t11-,14+,16-,21+;9-,12+/m11/s1. The minimum absolute atomic E-state index is 0.0461. The van der Waals surface area contributed by atoms with E-state index in [1.807, 2.05) is 25.7 Å². The summed E-state index contributed by atoms with van der Waals surface area (Å²) < 4.78 is 47.1. The number of aromatic carboxylic acids is 1. The van der Waals surface area contributed by atoms with Gasteiger partial charge in [0.1, 0.15) is 23.2 Å². The van der Waals surface area contributed by atoms with E-state index in [-0.39, 0.29) is 29.4 Å². The number of pyridine rings is 1. The number of halogens is 2. The number of alkyl halides is 1. The molecular weight excluding hydrogens is 616 g/mol. The molecule has 1 aliphatic carbocycles. The lowest BCUT2D eigenvalue weighted by Gasteiger charge is -2.39. The summed E-state index contributed by atoms with van der Waals surface area (Å²) in [6, 6.07) is 0.527. The van der Waals surface area contributed by atoms with Crippen molar-refractivity contribution in [2.45, 2.75) is 75.8 Å². The van der Waals surface area contributed by atoms with Crippen LogP contribution >= 0.6 is 0 Å². The average Bonchev–Trinajstić information content (AvgIpc) is 3.38. The van der Waals surface area contributed by atoms with Crippen LogP contribution in [0, 0.1) is 24.6 Å². The quantitative estimate of drug-likeness (QED) is 0.384. The number of carbonyl (C=O) groups is 2. The van der Waals surface area contributed by atoms with Crippen LogP contribution in [0.2, 0.25) is 0 Å². The maximum atomic E-state index is 15.3. The van der Waals surface area contributed by atoms with Gasteiger partial charge in [0.2, 0.25) is 5.43 Å². The molecule has 1 amide bonds. The van der Waals surface area contributed by atoms with E-state index < -0.39 is 46.1 Å². The lowest BCUT2D eigenvalue weighted by atomic mass is 9.84. The minimum atomic E-state index is -1.41. The lowest BCUT2D eigenvalue weighted by Crippen LogP contribution is -2.60. The molecule has 5 fully saturated rings. The zero-order valence-corrected chi connectivity index (χ0v) is 27.4. The maximum absolute atomic E-state index is 15.3. The number of carbonyl (C=O) groups excluding carboxylic acids is 1. The highest BCUT2D eigenvalue weighted by Gasteiger charge is 2.48. The Morgan fingerprint density at radius 1 is 1.19 bits per heavy atom. The summed E-state index contributed by atoms with van der Waals surface area (Å²) in [6.07, 6.45) is 1.73. The molecule has 7 rings (SSSR count). The van der Waals surface area contributed by atoms with Gasteiger partial charge in [-0.25, -0.2) is 18.4 Å². The Morgan fingerprint density at radius 3 is 2.51 bits per heavy atom. The lowest BCUT2D eigenvalue weighted by molar-refractivity contribution is -0.00891. The molecule has 0 radical (unpaired) electrons. The predicted molar refractivity (Wildman–Crippen MR) is 170 cm³/mol. The van der Waals surface area contributed by atoms with Crippen molar-refractivity contribution in [1.29, 1.82) is 0 Å². The Balaban J connectivity index is 0.000000193. The number of aromatic nitrogens is 1. The molecule has 6 atom stereocenters. The maximum Gasteiger partial charge on any atom is 0.408 e. The van der Waals surface area contributed by atoms with Crippen molar-refractivity contribution in [3.63, 3.8) is 0 Å². The molecule has 258 valence electrons. The van der Waals surface area contributed by atoms with E-state index in [0.29, 0.717) is 55.6 Å². The molecular formula is C33H45F2N5O7. The third-order valence-corrected chi connectivity index (χ3v) is 10.1. The van der Waals surface area contributed by atoms with E-state index in [4.69, 9.17) is 19.9 Å². The first kappa shape index (κ1) is 33.6. The molecule has 0 bridgehead atoms. The van der Waals surface area contributed by atoms with Gasteiger partial charge in [-0.15, -0.1) is 0 Å². The SMILES string of the molecule is CC(C)(C)OC(=O)N[C@]12CNC[C@H]1CCOC2.Cc1c(N2C[C@H]3CCOC[C@@]3(N)C2)c(F)cc2c(=O)c(C(=O)O)cn([C@@H]3C[C@@H]3F)c12. The first-order chi connectivity index (χ1) is 22.1. The van der Waals surface area contributed by atoms with E-state index in [1.54, 1.807) is 6.92 Å². The Hall–Kier alpha value is -3.33. The molecule has 0 spiro atoms. The number of hydrogen-bond acceptors (Lipinski definition) is 9. The molecule has 5 N–H and O–H groups in total. The molecule has 4 saturated heterocycles. The molecule has 1 saturated carbocycles. The molecule has 1 aromatic carbocycles. The molecule has 5 heterocycles. The van der Waals surface area contributed by atoms with Gasteiger partial charge in [-0.2, -0.15) is 0 Å². The fourth-order valence-electron chi connectivity index (χ4n) is 7.63. The van der Waals surface area contributed by atoms with Crippen LogP contribution in [0.4, 0.5) is 19.3 Å². The van der Waals surface area contributed by atoms with E-state index in [2.05, 4.69) is 10.6 Å². The number of fused-ring (bicyclic) bond motifs is 3. The fourth-order valence-corrected chi connectivity index (χ4v) is 7.63. The number of carboxylic acids is 1. The van der Waals surface area contributed by atoms with E-state index >= 15 is 4.39 Å². The molecule has 12 nitrogen and oxygen atoms in total. The average molecular weight is 662 g/mol. The number of ether oxygens (including phenoxy) is 3.